The molecule has 1 heterocycles. The summed E-state index contributed by atoms with van der Waals surface area (Å²) in [5, 5.41) is 25.0. The van der Waals surface area contributed by atoms with Crippen LogP contribution in [0.25, 0.3) is 5.69 Å². The molecule has 1 unspecified atom stereocenters. The number of halogens is 3. The minimum Gasteiger partial charge on any atom is -0.378 e. The van der Waals surface area contributed by atoms with Crippen LogP contribution >= 0.6 is 11.8 Å². The summed E-state index contributed by atoms with van der Waals surface area (Å²) in [5.74, 6) is 0.0260. The molecule has 4 rings (SSSR count). The molecule has 0 fully saturated rings. The fourth-order valence-corrected chi connectivity index (χ4v) is 4.50. The normalized spacial score (nSPS) is 12.1. The molecule has 0 bridgehead atoms. The van der Waals surface area contributed by atoms with E-state index in [0.717, 1.165) is 23.9 Å². The van der Waals surface area contributed by atoms with Crippen molar-refractivity contribution in [2.75, 3.05) is 10.6 Å². The van der Waals surface area contributed by atoms with Crippen molar-refractivity contribution in [1.82, 2.24) is 14.8 Å². The molecular formula is C26H23F3N6O3S. The number of amides is 1. The number of nitrogens with one attached hydrogen (secondary N) is 2. The number of non-ortho nitro benzene ring substituents is 1. The largest absolute Gasteiger partial charge is 0.416 e. The Morgan fingerprint density at radius 1 is 1.08 bits per heavy atom. The maximum absolute atomic E-state index is 13.1. The van der Waals surface area contributed by atoms with E-state index in [1.165, 1.54) is 24.3 Å². The van der Waals surface area contributed by atoms with Gasteiger partial charge in [-0.25, -0.2) is 0 Å². The SMILES string of the molecule is Cc1ccc([N+](=O)[O-])cc1NC(=O)C(C)Sc1nnc(CNc2cccc(C(F)(F)F)c2)n1-c1ccccc1. The highest BCUT2D eigenvalue weighted by Crippen LogP contribution is 2.31. The van der Waals surface area contributed by atoms with Crippen molar-refractivity contribution in [3.05, 3.63) is 99.9 Å². The highest BCUT2D eigenvalue weighted by atomic mass is 32.2. The van der Waals surface area contributed by atoms with Gasteiger partial charge in [0, 0.05) is 23.5 Å². The van der Waals surface area contributed by atoms with Crippen molar-refractivity contribution in [3.63, 3.8) is 0 Å². The van der Waals surface area contributed by atoms with Gasteiger partial charge in [-0.3, -0.25) is 19.5 Å². The smallest absolute Gasteiger partial charge is 0.378 e. The van der Waals surface area contributed by atoms with Gasteiger partial charge in [-0.05, 0) is 49.7 Å². The minimum atomic E-state index is -4.47. The van der Waals surface area contributed by atoms with Gasteiger partial charge in [0.25, 0.3) is 5.69 Å². The zero-order valence-corrected chi connectivity index (χ0v) is 21.6. The maximum atomic E-state index is 13.1. The number of nitro groups is 1. The summed E-state index contributed by atoms with van der Waals surface area (Å²) in [7, 11) is 0. The van der Waals surface area contributed by atoms with E-state index in [1.807, 2.05) is 30.3 Å². The monoisotopic (exact) mass is 556 g/mol. The van der Waals surface area contributed by atoms with Gasteiger partial charge in [0.05, 0.1) is 28.0 Å². The summed E-state index contributed by atoms with van der Waals surface area (Å²) in [4.78, 5) is 23.5. The second-order valence-corrected chi connectivity index (χ2v) is 9.82. The van der Waals surface area contributed by atoms with E-state index >= 15 is 0 Å². The number of alkyl halides is 3. The molecule has 39 heavy (non-hydrogen) atoms. The first-order chi connectivity index (χ1) is 18.5. The minimum absolute atomic E-state index is 0.0667. The summed E-state index contributed by atoms with van der Waals surface area (Å²) in [6.07, 6.45) is -4.47. The molecule has 0 aliphatic carbocycles. The van der Waals surface area contributed by atoms with E-state index in [9.17, 15) is 28.1 Å². The predicted octanol–water partition coefficient (Wildman–Crippen LogP) is 6.23. The van der Waals surface area contributed by atoms with E-state index in [1.54, 1.807) is 24.5 Å². The van der Waals surface area contributed by atoms with Crippen LogP contribution in [0.5, 0.6) is 0 Å². The van der Waals surface area contributed by atoms with Crippen molar-refractivity contribution in [2.45, 2.75) is 37.0 Å². The van der Waals surface area contributed by atoms with Gasteiger partial charge in [0.15, 0.2) is 11.0 Å². The lowest BCUT2D eigenvalue weighted by atomic mass is 10.2. The number of hydrogen-bond acceptors (Lipinski definition) is 7. The molecule has 1 amide bonds. The van der Waals surface area contributed by atoms with Crippen LogP contribution in [0.2, 0.25) is 0 Å². The average molecular weight is 557 g/mol. The molecule has 0 aliphatic rings. The second kappa shape index (κ2) is 11.6. The topological polar surface area (TPSA) is 115 Å². The summed E-state index contributed by atoms with van der Waals surface area (Å²) in [6.45, 7) is 3.46. The third-order valence-electron chi connectivity index (χ3n) is 5.70. The van der Waals surface area contributed by atoms with Gasteiger partial charge < -0.3 is 10.6 Å². The Labute approximate surface area is 225 Å². The fraction of sp³-hybridized carbons (Fsp3) is 0.192. The third kappa shape index (κ3) is 6.74. The first kappa shape index (κ1) is 27.6. The molecule has 9 nitrogen and oxygen atoms in total. The number of para-hydroxylation sites is 1. The van der Waals surface area contributed by atoms with Crippen LogP contribution in [0, 0.1) is 17.0 Å². The maximum Gasteiger partial charge on any atom is 0.416 e. The van der Waals surface area contributed by atoms with E-state index < -0.39 is 27.8 Å². The van der Waals surface area contributed by atoms with Crippen LogP contribution in [0.3, 0.4) is 0 Å². The van der Waals surface area contributed by atoms with Crippen LogP contribution in [0.4, 0.5) is 30.2 Å². The molecule has 0 spiro atoms. The third-order valence-corrected chi connectivity index (χ3v) is 6.74. The van der Waals surface area contributed by atoms with Crippen LogP contribution in [-0.2, 0) is 17.5 Å². The summed E-state index contributed by atoms with van der Waals surface area (Å²) < 4.78 is 41.0. The molecule has 4 aromatic rings. The zero-order valence-electron chi connectivity index (χ0n) is 20.8. The number of nitro benzene ring substituents is 1. The first-order valence-corrected chi connectivity index (χ1v) is 12.5. The number of aromatic nitrogens is 3. The lowest BCUT2D eigenvalue weighted by molar-refractivity contribution is -0.384. The number of benzene rings is 3. The molecule has 202 valence electrons. The van der Waals surface area contributed by atoms with Gasteiger partial charge in [0.2, 0.25) is 5.91 Å². The lowest BCUT2D eigenvalue weighted by Crippen LogP contribution is -2.23. The highest BCUT2D eigenvalue weighted by molar-refractivity contribution is 8.00. The molecule has 0 saturated heterocycles. The molecular weight excluding hydrogens is 533 g/mol. The Balaban J connectivity index is 1.55. The first-order valence-electron chi connectivity index (χ1n) is 11.7. The number of carbonyl (C=O) groups is 1. The van der Waals surface area contributed by atoms with Crippen LogP contribution in [0.1, 0.15) is 23.9 Å². The molecule has 1 aromatic heterocycles. The Bertz CT molecular complexity index is 1490. The van der Waals surface area contributed by atoms with Crippen LogP contribution in [0.15, 0.2) is 78.0 Å². The number of carbonyl (C=O) groups excluding carboxylic acids is 1. The molecule has 3 aromatic carbocycles. The number of rotatable bonds is 9. The average Bonchev–Trinajstić information content (AvgIpc) is 3.30. The molecule has 13 heteroatoms. The van der Waals surface area contributed by atoms with Gasteiger partial charge in [-0.1, -0.05) is 42.1 Å². The van der Waals surface area contributed by atoms with Gasteiger partial charge in [0.1, 0.15) is 0 Å². The van der Waals surface area contributed by atoms with Crippen molar-refractivity contribution in [1.29, 1.82) is 0 Å². The lowest BCUT2D eigenvalue weighted by Gasteiger charge is -2.15. The standard InChI is InChI=1S/C26H23F3N6O3S/c1-16-11-12-21(35(37)38)14-22(16)31-24(36)17(2)39-25-33-32-23(34(25)20-9-4-3-5-10-20)15-30-19-8-6-7-18(13-19)26(27,28)29/h3-14,17,30H,15H2,1-2H3,(H,31,36). The van der Waals surface area contributed by atoms with Gasteiger partial charge in [-0.15, -0.1) is 10.2 Å². The van der Waals surface area contributed by atoms with Gasteiger partial charge >= 0.3 is 6.18 Å². The quantitative estimate of drug-likeness (QED) is 0.143. The Morgan fingerprint density at radius 2 is 1.82 bits per heavy atom. The number of anilines is 2. The van der Waals surface area contributed by atoms with E-state index in [0.29, 0.717) is 27.9 Å². The molecule has 0 radical (unpaired) electrons. The number of thioether (sulfide) groups is 1. The Kier molecular flexibility index (Phi) is 8.19. The second-order valence-electron chi connectivity index (χ2n) is 8.51. The van der Waals surface area contributed by atoms with Crippen molar-refractivity contribution in [2.24, 2.45) is 0 Å². The Morgan fingerprint density at radius 3 is 2.51 bits per heavy atom. The number of hydrogen-bond donors (Lipinski definition) is 2. The van der Waals surface area contributed by atoms with Crippen molar-refractivity contribution in [3.8, 4) is 5.69 Å². The summed E-state index contributed by atoms with van der Waals surface area (Å²) in [6, 6.07) is 18.2. The summed E-state index contributed by atoms with van der Waals surface area (Å²) >= 11 is 1.12. The summed E-state index contributed by atoms with van der Waals surface area (Å²) in [5.41, 5.74) is 1.05. The van der Waals surface area contributed by atoms with E-state index in [4.69, 9.17) is 0 Å². The van der Waals surface area contributed by atoms with Crippen molar-refractivity contribution >= 4 is 34.7 Å². The molecule has 0 saturated carbocycles. The highest BCUT2D eigenvalue weighted by Gasteiger charge is 2.30. The van der Waals surface area contributed by atoms with E-state index in [-0.39, 0.29) is 17.9 Å². The van der Waals surface area contributed by atoms with E-state index in [2.05, 4.69) is 20.8 Å². The number of aryl methyl sites for hydroxylation is 1. The fourth-order valence-electron chi connectivity index (χ4n) is 3.62. The predicted molar refractivity (Wildman–Crippen MR) is 142 cm³/mol. The van der Waals surface area contributed by atoms with Crippen molar-refractivity contribution < 1.29 is 22.9 Å². The number of nitrogens with zero attached hydrogens (tertiary/aromatic N) is 4. The zero-order chi connectivity index (χ0) is 28.2. The van der Waals surface area contributed by atoms with Gasteiger partial charge in [-0.2, -0.15) is 13.2 Å². The van der Waals surface area contributed by atoms with Crippen LogP contribution in [-0.4, -0.2) is 30.8 Å². The van der Waals surface area contributed by atoms with Crippen LogP contribution < -0.4 is 10.6 Å². The molecule has 1 atom stereocenters. The Hall–Kier alpha value is -4.39. The molecule has 0 aliphatic heterocycles. The molecule has 2 N–H and O–H groups in total.